The topological polar surface area (TPSA) is 74.8 Å². The van der Waals surface area contributed by atoms with Crippen molar-refractivity contribution in [3.63, 3.8) is 0 Å². The molecule has 1 aliphatic heterocycles. The van der Waals surface area contributed by atoms with Crippen molar-refractivity contribution in [3.8, 4) is 0 Å². The summed E-state index contributed by atoms with van der Waals surface area (Å²) in [5.74, 6) is 0.288. The summed E-state index contributed by atoms with van der Waals surface area (Å²) in [6, 6.07) is 0. The number of aromatic nitrogens is 4. The summed E-state index contributed by atoms with van der Waals surface area (Å²) in [7, 11) is 0. The number of carbonyl (C=O) groups excluding carboxylic acids is 1. The van der Waals surface area contributed by atoms with Crippen LogP contribution >= 0.6 is 0 Å². The van der Waals surface area contributed by atoms with Crippen LogP contribution in [0.25, 0.3) is 0 Å². The number of aryl methyl sites for hydroxylation is 1. The molecule has 2 aromatic heterocycles. The third kappa shape index (κ3) is 2.21. The highest BCUT2D eigenvalue weighted by Crippen LogP contribution is 2.28. The van der Waals surface area contributed by atoms with Crippen LogP contribution in [-0.4, -0.2) is 44.1 Å². The van der Waals surface area contributed by atoms with Gasteiger partial charge in [0.05, 0.1) is 12.4 Å². The highest BCUT2D eigenvalue weighted by atomic mass is 16.2. The first-order chi connectivity index (χ1) is 9.25. The van der Waals surface area contributed by atoms with Gasteiger partial charge in [-0.25, -0.2) is 4.98 Å². The van der Waals surface area contributed by atoms with Crippen LogP contribution in [0.5, 0.6) is 0 Å². The number of aromatic amines is 1. The van der Waals surface area contributed by atoms with Crippen LogP contribution in [-0.2, 0) is 0 Å². The fourth-order valence-corrected chi connectivity index (χ4v) is 2.52. The van der Waals surface area contributed by atoms with E-state index in [2.05, 4.69) is 20.2 Å². The first-order valence-corrected chi connectivity index (χ1v) is 6.31. The number of likely N-dealkylation sites (tertiary alicyclic amines) is 1. The van der Waals surface area contributed by atoms with Crippen molar-refractivity contribution in [2.24, 2.45) is 0 Å². The van der Waals surface area contributed by atoms with Crippen LogP contribution in [0.2, 0.25) is 0 Å². The lowest BCUT2D eigenvalue weighted by molar-refractivity contribution is 0.0784. The van der Waals surface area contributed by atoms with Gasteiger partial charge < -0.3 is 4.90 Å². The van der Waals surface area contributed by atoms with Crippen LogP contribution in [0, 0.1) is 6.92 Å². The van der Waals surface area contributed by atoms with Crippen LogP contribution in [0.3, 0.4) is 0 Å². The third-order valence-corrected chi connectivity index (χ3v) is 3.53. The van der Waals surface area contributed by atoms with E-state index in [1.807, 2.05) is 18.0 Å². The summed E-state index contributed by atoms with van der Waals surface area (Å²) in [4.78, 5) is 22.1. The van der Waals surface area contributed by atoms with Gasteiger partial charge in [0, 0.05) is 37.1 Å². The van der Waals surface area contributed by atoms with Gasteiger partial charge in [-0.2, -0.15) is 5.10 Å². The number of nitrogens with one attached hydrogen (secondary N) is 1. The maximum absolute atomic E-state index is 12.2. The lowest BCUT2D eigenvalue weighted by Gasteiger charge is -2.15. The van der Waals surface area contributed by atoms with Crippen molar-refractivity contribution in [2.45, 2.75) is 19.3 Å². The van der Waals surface area contributed by atoms with Gasteiger partial charge in [0.1, 0.15) is 5.69 Å². The van der Waals surface area contributed by atoms with Crippen LogP contribution in [0.15, 0.2) is 24.8 Å². The molecule has 1 saturated heterocycles. The standard InChI is InChI=1S/C13H15N5O/c1-9-6-16-17-12(9)10-2-5-18(8-10)13(19)11-7-14-3-4-15-11/h3-4,6-7,10H,2,5,8H2,1H3,(H,16,17). The van der Waals surface area contributed by atoms with Gasteiger partial charge in [-0.05, 0) is 18.9 Å². The molecule has 1 fully saturated rings. The number of rotatable bonds is 2. The Hall–Kier alpha value is -2.24. The van der Waals surface area contributed by atoms with Crippen molar-refractivity contribution in [2.75, 3.05) is 13.1 Å². The molecular weight excluding hydrogens is 242 g/mol. The van der Waals surface area contributed by atoms with Gasteiger partial charge in [-0.1, -0.05) is 0 Å². The van der Waals surface area contributed by atoms with Crippen molar-refractivity contribution in [1.82, 2.24) is 25.1 Å². The number of hydrogen-bond acceptors (Lipinski definition) is 4. The highest BCUT2D eigenvalue weighted by Gasteiger charge is 2.30. The molecule has 0 radical (unpaired) electrons. The average molecular weight is 257 g/mol. The molecule has 19 heavy (non-hydrogen) atoms. The molecule has 0 saturated carbocycles. The molecule has 6 heteroatoms. The second kappa shape index (κ2) is 4.79. The van der Waals surface area contributed by atoms with Gasteiger partial charge in [0.2, 0.25) is 0 Å². The molecular formula is C13H15N5O. The molecule has 2 aromatic rings. The Labute approximate surface area is 110 Å². The van der Waals surface area contributed by atoms with Crippen LogP contribution < -0.4 is 0 Å². The maximum atomic E-state index is 12.2. The molecule has 3 rings (SSSR count). The first-order valence-electron chi connectivity index (χ1n) is 6.31. The molecule has 0 spiro atoms. The summed E-state index contributed by atoms with van der Waals surface area (Å²) in [6.07, 6.45) is 7.39. The van der Waals surface area contributed by atoms with Crippen molar-refractivity contribution >= 4 is 5.91 Å². The van der Waals surface area contributed by atoms with E-state index in [4.69, 9.17) is 0 Å². The Balaban J connectivity index is 1.73. The van der Waals surface area contributed by atoms with Crippen molar-refractivity contribution in [3.05, 3.63) is 41.7 Å². The minimum atomic E-state index is -0.0484. The van der Waals surface area contributed by atoms with E-state index in [1.165, 1.54) is 6.20 Å². The van der Waals surface area contributed by atoms with E-state index in [-0.39, 0.29) is 5.91 Å². The molecule has 1 N–H and O–H groups in total. The lowest BCUT2D eigenvalue weighted by atomic mass is 10.0. The minimum absolute atomic E-state index is 0.0484. The van der Waals surface area contributed by atoms with Gasteiger partial charge in [0.25, 0.3) is 5.91 Å². The molecule has 98 valence electrons. The molecule has 0 aromatic carbocycles. The second-order valence-corrected chi connectivity index (χ2v) is 4.79. The Morgan fingerprint density at radius 3 is 3.00 bits per heavy atom. The SMILES string of the molecule is Cc1cn[nH]c1C1CCN(C(=O)c2cnccn2)C1. The van der Waals surface area contributed by atoms with Gasteiger partial charge >= 0.3 is 0 Å². The van der Waals surface area contributed by atoms with E-state index >= 15 is 0 Å². The van der Waals surface area contributed by atoms with Crippen molar-refractivity contribution < 1.29 is 4.79 Å². The largest absolute Gasteiger partial charge is 0.337 e. The van der Waals surface area contributed by atoms with E-state index in [9.17, 15) is 4.79 Å². The van der Waals surface area contributed by atoms with Gasteiger partial charge in [-0.15, -0.1) is 0 Å². The zero-order chi connectivity index (χ0) is 13.2. The van der Waals surface area contributed by atoms with E-state index < -0.39 is 0 Å². The normalized spacial score (nSPS) is 18.8. The molecule has 3 heterocycles. The molecule has 1 atom stereocenters. The predicted molar refractivity (Wildman–Crippen MR) is 68.6 cm³/mol. The smallest absolute Gasteiger partial charge is 0.274 e. The van der Waals surface area contributed by atoms with Gasteiger partial charge in [-0.3, -0.25) is 14.9 Å². The summed E-state index contributed by atoms with van der Waals surface area (Å²) < 4.78 is 0. The Bertz CT molecular complexity index is 580. The number of H-pyrrole nitrogens is 1. The van der Waals surface area contributed by atoms with E-state index in [0.717, 1.165) is 24.2 Å². The Morgan fingerprint density at radius 1 is 1.42 bits per heavy atom. The number of carbonyl (C=O) groups is 1. The minimum Gasteiger partial charge on any atom is -0.337 e. The maximum Gasteiger partial charge on any atom is 0.274 e. The quantitative estimate of drug-likeness (QED) is 0.875. The molecule has 0 bridgehead atoms. The summed E-state index contributed by atoms with van der Waals surface area (Å²) in [5, 5.41) is 7.07. The first kappa shape index (κ1) is 11.8. The zero-order valence-electron chi connectivity index (χ0n) is 10.7. The van der Waals surface area contributed by atoms with Crippen LogP contribution in [0.4, 0.5) is 0 Å². The summed E-state index contributed by atoms with van der Waals surface area (Å²) in [5.41, 5.74) is 2.69. The molecule has 1 unspecified atom stereocenters. The number of hydrogen-bond donors (Lipinski definition) is 1. The van der Waals surface area contributed by atoms with Gasteiger partial charge in [0.15, 0.2) is 0 Å². The highest BCUT2D eigenvalue weighted by molar-refractivity contribution is 5.92. The molecule has 1 amide bonds. The molecule has 1 aliphatic rings. The molecule has 0 aliphatic carbocycles. The third-order valence-electron chi connectivity index (χ3n) is 3.53. The fraction of sp³-hybridized carbons (Fsp3) is 0.385. The Kier molecular flexibility index (Phi) is 2.98. The fourth-order valence-electron chi connectivity index (χ4n) is 2.52. The number of amides is 1. The van der Waals surface area contributed by atoms with Crippen LogP contribution in [0.1, 0.15) is 34.1 Å². The lowest BCUT2D eigenvalue weighted by Crippen LogP contribution is -2.29. The van der Waals surface area contributed by atoms with Crippen molar-refractivity contribution in [1.29, 1.82) is 0 Å². The monoisotopic (exact) mass is 257 g/mol. The number of nitrogens with zero attached hydrogens (tertiary/aromatic N) is 4. The summed E-state index contributed by atoms with van der Waals surface area (Å²) >= 11 is 0. The predicted octanol–water partition coefficient (Wildman–Crippen LogP) is 1.14. The molecule has 6 nitrogen and oxygen atoms in total. The second-order valence-electron chi connectivity index (χ2n) is 4.79. The van der Waals surface area contributed by atoms with E-state index in [0.29, 0.717) is 18.2 Å². The van der Waals surface area contributed by atoms with E-state index in [1.54, 1.807) is 12.4 Å². The zero-order valence-corrected chi connectivity index (χ0v) is 10.7. The average Bonchev–Trinajstić information content (AvgIpc) is 3.07. The summed E-state index contributed by atoms with van der Waals surface area (Å²) in [6.45, 7) is 3.49. The Morgan fingerprint density at radius 2 is 2.32 bits per heavy atom.